The summed E-state index contributed by atoms with van der Waals surface area (Å²) in [6, 6.07) is 4.51. The maximum absolute atomic E-state index is 12.5. The molecule has 1 fully saturated rings. The Morgan fingerprint density at radius 2 is 2.04 bits per heavy atom. The third-order valence-corrected chi connectivity index (χ3v) is 6.31. The van der Waals surface area contributed by atoms with Crippen molar-refractivity contribution >= 4 is 39.0 Å². The van der Waals surface area contributed by atoms with Crippen LogP contribution < -0.4 is 0 Å². The van der Waals surface area contributed by atoms with Crippen molar-refractivity contribution in [2.45, 2.75) is 18.9 Å². The van der Waals surface area contributed by atoms with E-state index in [9.17, 15) is 18.3 Å². The number of carbonyl (C=O) groups is 1. The summed E-state index contributed by atoms with van der Waals surface area (Å²) in [6.07, 6.45) is 0.394. The molecule has 124 valence electrons. The fourth-order valence-electron chi connectivity index (χ4n) is 2.69. The minimum absolute atomic E-state index is 0.0596. The van der Waals surface area contributed by atoms with Crippen LogP contribution in [-0.4, -0.2) is 35.9 Å². The molecule has 1 unspecified atom stereocenters. The van der Waals surface area contributed by atoms with E-state index < -0.39 is 27.2 Å². The van der Waals surface area contributed by atoms with Gasteiger partial charge >= 0.3 is 0 Å². The van der Waals surface area contributed by atoms with Crippen LogP contribution in [0.3, 0.4) is 0 Å². The number of halogens is 2. The molecule has 3 rings (SSSR count). The number of aliphatic hydroxyl groups excluding tert-OH is 1. The van der Waals surface area contributed by atoms with Crippen LogP contribution in [0.4, 0.5) is 0 Å². The number of ether oxygens (including phenoxy) is 1. The molecule has 0 saturated carbocycles. The Morgan fingerprint density at radius 1 is 1.35 bits per heavy atom. The van der Waals surface area contributed by atoms with E-state index in [1.54, 1.807) is 6.07 Å². The number of hydrogen-bond donors (Lipinski definition) is 1. The Morgan fingerprint density at radius 3 is 2.65 bits per heavy atom. The fourth-order valence-corrected chi connectivity index (χ4v) is 4.66. The number of sulfonamides is 1. The maximum atomic E-state index is 12.5. The maximum Gasteiger partial charge on any atom is 0.252 e. The smallest absolute Gasteiger partial charge is 0.252 e. The van der Waals surface area contributed by atoms with Gasteiger partial charge in [0.15, 0.2) is 0 Å². The van der Waals surface area contributed by atoms with Crippen LogP contribution in [0, 0.1) is 0 Å². The molecule has 1 saturated heterocycles. The molecule has 0 aromatic heterocycles. The highest BCUT2D eigenvalue weighted by Crippen LogP contribution is 2.43. The molecule has 2 heterocycles. The van der Waals surface area contributed by atoms with Crippen molar-refractivity contribution in [3.8, 4) is 0 Å². The number of aliphatic hydroxyl groups is 1. The molecule has 1 N–H and O–H groups in total. The van der Waals surface area contributed by atoms with Crippen molar-refractivity contribution in [1.82, 2.24) is 4.31 Å². The molecule has 0 amide bonds. The zero-order valence-corrected chi connectivity index (χ0v) is 14.4. The Kier molecular flexibility index (Phi) is 3.78. The van der Waals surface area contributed by atoms with Gasteiger partial charge in [-0.05, 0) is 31.5 Å². The summed E-state index contributed by atoms with van der Waals surface area (Å²) in [4.78, 5) is 12.5. The summed E-state index contributed by atoms with van der Waals surface area (Å²) >= 11 is 12.1. The summed E-state index contributed by atoms with van der Waals surface area (Å²) in [5.74, 6) is -1.91. The SMILES string of the molecule is CC1(c2cc(Cl)ccc2Cl)OC(N2CCCS2(=O)=O)=C(O)C1=O. The molecule has 1 aromatic rings. The molecular weight excluding hydrogens is 365 g/mol. The van der Waals surface area contributed by atoms with Gasteiger partial charge in [0, 0.05) is 22.2 Å². The monoisotopic (exact) mass is 377 g/mol. The standard InChI is InChI=1S/C14H13Cl2NO5S/c1-14(9-7-8(15)3-4-10(9)16)12(19)11(18)13(22-14)17-5-2-6-23(17,20)21/h3-4,7,18H,2,5-6H2,1H3. The molecule has 23 heavy (non-hydrogen) atoms. The van der Waals surface area contributed by atoms with E-state index in [-0.39, 0.29) is 28.8 Å². The summed E-state index contributed by atoms with van der Waals surface area (Å²) in [5.41, 5.74) is -1.38. The van der Waals surface area contributed by atoms with Crippen LogP contribution in [0.15, 0.2) is 29.8 Å². The molecule has 2 aliphatic heterocycles. The highest BCUT2D eigenvalue weighted by molar-refractivity contribution is 7.89. The van der Waals surface area contributed by atoms with Gasteiger partial charge in [0.05, 0.1) is 5.75 Å². The van der Waals surface area contributed by atoms with E-state index >= 15 is 0 Å². The van der Waals surface area contributed by atoms with Gasteiger partial charge in [-0.25, -0.2) is 12.7 Å². The molecule has 0 bridgehead atoms. The first-order valence-electron chi connectivity index (χ1n) is 6.80. The summed E-state index contributed by atoms with van der Waals surface area (Å²) < 4.78 is 30.5. The molecule has 9 heteroatoms. The van der Waals surface area contributed by atoms with Crippen LogP contribution in [0.5, 0.6) is 0 Å². The quantitative estimate of drug-likeness (QED) is 0.855. The third kappa shape index (κ3) is 2.47. The van der Waals surface area contributed by atoms with Gasteiger partial charge < -0.3 is 9.84 Å². The van der Waals surface area contributed by atoms with E-state index in [4.69, 9.17) is 27.9 Å². The van der Waals surface area contributed by atoms with Gasteiger partial charge in [0.25, 0.3) is 11.7 Å². The van der Waals surface area contributed by atoms with Crippen molar-refractivity contribution < 1.29 is 23.1 Å². The molecule has 0 spiro atoms. The number of ketones is 1. The third-order valence-electron chi connectivity index (χ3n) is 3.92. The summed E-state index contributed by atoms with van der Waals surface area (Å²) in [7, 11) is -3.60. The lowest BCUT2D eigenvalue weighted by atomic mass is 9.91. The lowest BCUT2D eigenvalue weighted by Crippen LogP contribution is -2.33. The second-order valence-corrected chi connectivity index (χ2v) is 8.34. The predicted molar refractivity (Wildman–Crippen MR) is 84.7 cm³/mol. The van der Waals surface area contributed by atoms with Gasteiger partial charge in [-0.1, -0.05) is 23.2 Å². The van der Waals surface area contributed by atoms with Gasteiger partial charge in [0.2, 0.25) is 21.4 Å². The van der Waals surface area contributed by atoms with Gasteiger partial charge in [0.1, 0.15) is 0 Å². The molecule has 6 nitrogen and oxygen atoms in total. The van der Waals surface area contributed by atoms with Crippen LogP contribution in [0.1, 0.15) is 18.9 Å². The zero-order valence-electron chi connectivity index (χ0n) is 12.0. The van der Waals surface area contributed by atoms with Crippen LogP contribution in [0.25, 0.3) is 0 Å². The van der Waals surface area contributed by atoms with Crippen molar-refractivity contribution in [2.24, 2.45) is 0 Å². The Labute approximate surface area is 143 Å². The fraction of sp³-hybridized carbons (Fsp3) is 0.357. The van der Waals surface area contributed by atoms with Crippen LogP contribution in [0.2, 0.25) is 10.0 Å². The van der Waals surface area contributed by atoms with Crippen molar-refractivity contribution in [3.05, 3.63) is 45.5 Å². The van der Waals surface area contributed by atoms with E-state index in [0.717, 1.165) is 4.31 Å². The average Bonchev–Trinajstić information content (AvgIpc) is 2.94. The molecule has 1 aromatic carbocycles. The number of nitrogens with zero attached hydrogens (tertiary/aromatic N) is 1. The van der Waals surface area contributed by atoms with Crippen LogP contribution >= 0.6 is 23.2 Å². The van der Waals surface area contributed by atoms with Crippen molar-refractivity contribution in [1.29, 1.82) is 0 Å². The van der Waals surface area contributed by atoms with Crippen molar-refractivity contribution in [2.75, 3.05) is 12.3 Å². The van der Waals surface area contributed by atoms with Gasteiger partial charge in [-0.2, -0.15) is 0 Å². The largest absolute Gasteiger partial charge is 0.501 e. The Bertz CT molecular complexity index is 836. The normalized spacial score (nSPS) is 26.7. The molecule has 2 aliphatic rings. The minimum Gasteiger partial charge on any atom is -0.501 e. The number of Topliss-reactive ketones (excluding diaryl/α,β-unsaturated/α-hetero) is 1. The number of carbonyl (C=O) groups excluding carboxylic acids is 1. The predicted octanol–water partition coefficient (Wildman–Crippen LogP) is 2.57. The van der Waals surface area contributed by atoms with Gasteiger partial charge in [-0.3, -0.25) is 4.79 Å². The first-order chi connectivity index (χ1) is 10.7. The number of rotatable bonds is 2. The van der Waals surface area contributed by atoms with E-state index in [1.165, 1.54) is 19.1 Å². The zero-order chi connectivity index (χ0) is 17.0. The molecule has 1 atom stereocenters. The second-order valence-electron chi connectivity index (χ2n) is 5.48. The lowest BCUT2D eigenvalue weighted by molar-refractivity contribution is -0.132. The number of benzene rings is 1. The average molecular weight is 378 g/mol. The molecule has 0 aliphatic carbocycles. The van der Waals surface area contributed by atoms with E-state index in [0.29, 0.717) is 11.4 Å². The van der Waals surface area contributed by atoms with E-state index in [2.05, 4.69) is 0 Å². The lowest BCUT2D eigenvalue weighted by Gasteiger charge is -2.27. The first-order valence-corrected chi connectivity index (χ1v) is 9.16. The topological polar surface area (TPSA) is 83.9 Å². The highest BCUT2D eigenvalue weighted by Gasteiger charge is 2.52. The minimum atomic E-state index is -3.60. The summed E-state index contributed by atoms with van der Waals surface area (Å²) in [6.45, 7) is 1.56. The first kappa shape index (κ1) is 16.4. The van der Waals surface area contributed by atoms with Crippen molar-refractivity contribution in [3.63, 3.8) is 0 Å². The molecular formula is C14H13Cl2NO5S. The van der Waals surface area contributed by atoms with E-state index in [1.807, 2.05) is 0 Å². The Balaban J connectivity index is 2.06. The second kappa shape index (κ2) is 5.29. The molecule has 0 radical (unpaired) electrons. The highest BCUT2D eigenvalue weighted by atomic mass is 35.5. The Hall–Kier alpha value is -1.44. The van der Waals surface area contributed by atoms with Crippen LogP contribution in [-0.2, 0) is 25.2 Å². The van der Waals surface area contributed by atoms with Gasteiger partial charge in [-0.15, -0.1) is 0 Å². The number of hydrogen-bond acceptors (Lipinski definition) is 5. The summed E-state index contributed by atoms with van der Waals surface area (Å²) in [5, 5.41) is 10.7.